The number of ether oxygens (including phenoxy) is 1. The van der Waals surface area contributed by atoms with E-state index in [4.69, 9.17) is 16.3 Å². The Bertz CT molecular complexity index is 1250. The quantitative estimate of drug-likeness (QED) is 0.295. The summed E-state index contributed by atoms with van der Waals surface area (Å²) in [5.74, 6) is 0. The lowest BCUT2D eigenvalue weighted by atomic mass is 10.1. The molecule has 12 heteroatoms. The molecule has 0 saturated carbocycles. The summed E-state index contributed by atoms with van der Waals surface area (Å²) in [6.45, 7) is 3.41. The van der Waals surface area contributed by atoms with E-state index in [0.29, 0.717) is 37.7 Å². The Balaban J connectivity index is 1.73. The molecule has 0 unspecified atom stereocenters. The van der Waals surface area contributed by atoms with E-state index in [1.54, 1.807) is 6.92 Å². The molecule has 0 spiro atoms. The maximum absolute atomic E-state index is 13.3. The molecule has 2 aromatic carbocycles. The molecule has 1 saturated heterocycles. The molecular weight excluding hydrogens is 498 g/mol. The number of alkyl halides is 6. The third kappa shape index (κ3) is 5.46. The van der Waals surface area contributed by atoms with E-state index in [0.717, 1.165) is 28.9 Å². The van der Waals surface area contributed by atoms with E-state index in [2.05, 4.69) is 10.1 Å². The van der Waals surface area contributed by atoms with Gasteiger partial charge in [0.25, 0.3) is 0 Å². The van der Waals surface area contributed by atoms with Crippen molar-refractivity contribution in [1.82, 2.24) is 9.78 Å². The molecule has 2 heterocycles. The van der Waals surface area contributed by atoms with Crippen LogP contribution in [0.25, 0.3) is 5.69 Å². The topological polar surface area (TPSA) is 42.7 Å². The molecule has 5 nitrogen and oxygen atoms in total. The lowest BCUT2D eigenvalue weighted by Crippen LogP contribution is -2.36. The minimum atomic E-state index is -4.56. The molecule has 0 atom stereocenters. The second-order valence-corrected chi connectivity index (χ2v) is 8.17. The van der Waals surface area contributed by atoms with Gasteiger partial charge in [-0.15, -0.1) is 0 Å². The summed E-state index contributed by atoms with van der Waals surface area (Å²) < 4.78 is 85.8. The highest BCUT2D eigenvalue weighted by molar-refractivity contribution is 6.32. The number of nitrogens with zero attached hydrogens (tertiary/aromatic N) is 4. The fraction of sp³-hybridized carbons (Fsp3) is 0.304. The van der Waals surface area contributed by atoms with Crippen LogP contribution in [0.2, 0.25) is 5.15 Å². The summed E-state index contributed by atoms with van der Waals surface area (Å²) in [4.78, 5) is 6.16. The number of aromatic nitrogens is 2. The normalized spacial score (nSPS) is 15.3. The highest BCUT2D eigenvalue weighted by Gasteiger charge is 2.32. The number of anilines is 1. The third-order valence-corrected chi connectivity index (χ3v) is 5.82. The average molecular weight is 517 g/mol. The van der Waals surface area contributed by atoms with E-state index in [1.807, 2.05) is 4.90 Å². The van der Waals surface area contributed by atoms with Gasteiger partial charge in [-0.3, -0.25) is 4.99 Å². The van der Waals surface area contributed by atoms with Crippen LogP contribution in [-0.4, -0.2) is 42.3 Å². The van der Waals surface area contributed by atoms with Crippen molar-refractivity contribution in [2.45, 2.75) is 19.3 Å². The molecule has 1 aromatic heterocycles. The Hall–Kier alpha value is -3.05. The number of rotatable bonds is 4. The lowest BCUT2D eigenvalue weighted by molar-refractivity contribution is -0.138. The van der Waals surface area contributed by atoms with Crippen LogP contribution < -0.4 is 4.90 Å². The first-order valence-electron chi connectivity index (χ1n) is 10.5. The Morgan fingerprint density at radius 3 is 2.29 bits per heavy atom. The fourth-order valence-electron chi connectivity index (χ4n) is 3.65. The minimum absolute atomic E-state index is 0.0227. The van der Waals surface area contributed by atoms with Crippen molar-refractivity contribution in [2.75, 3.05) is 31.2 Å². The van der Waals surface area contributed by atoms with Crippen LogP contribution in [0.5, 0.6) is 0 Å². The van der Waals surface area contributed by atoms with Crippen molar-refractivity contribution in [1.29, 1.82) is 0 Å². The van der Waals surface area contributed by atoms with E-state index >= 15 is 0 Å². The summed E-state index contributed by atoms with van der Waals surface area (Å²) in [5.41, 5.74) is -0.454. The van der Waals surface area contributed by atoms with Gasteiger partial charge in [-0.2, -0.15) is 31.4 Å². The second-order valence-electron chi connectivity index (χ2n) is 7.81. The highest BCUT2D eigenvalue weighted by Crippen LogP contribution is 2.37. The van der Waals surface area contributed by atoms with E-state index in [-0.39, 0.29) is 22.1 Å². The standard InChI is InChI=1S/C23H19ClF6N4O/c1-14-18(21(24)34(32-14)17-4-2-3-15(11-17)22(25,26)27)13-31-19-12-16(23(28,29)30)5-6-20(19)33-7-9-35-10-8-33/h2-6,11-13H,7-10H2,1H3. The molecule has 4 rings (SSSR count). The van der Waals surface area contributed by atoms with Gasteiger partial charge in [0.05, 0.1) is 52.7 Å². The van der Waals surface area contributed by atoms with Gasteiger partial charge in [0.2, 0.25) is 0 Å². The van der Waals surface area contributed by atoms with Crippen LogP contribution in [0.1, 0.15) is 22.4 Å². The first kappa shape index (κ1) is 25.1. The molecule has 35 heavy (non-hydrogen) atoms. The van der Waals surface area contributed by atoms with Gasteiger partial charge in [-0.1, -0.05) is 17.7 Å². The molecule has 0 bridgehead atoms. The van der Waals surface area contributed by atoms with Gasteiger partial charge >= 0.3 is 12.4 Å². The summed E-state index contributed by atoms with van der Waals surface area (Å²) in [6.07, 6.45) is -7.83. The predicted octanol–water partition coefficient (Wildman–Crippen LogP) is 6.46. The predicted molar refractivity (Wildman–Crippen MR) is 120 cm³/mol. The molecule has 186 valence electrons. The number of aliphatic imine (C=N–C) groups is 1. The van der Waals surface area contributed by atoms with Crippen molar-refractivity contribution < 1.29 is 31.1 Å². The Morgan fingerprint density at radius 2 is 1.63 bits per heavy atom. The first-order valence-corrected chi connectivity index (χ1v) is 10.8. The highest BCUT2D eigenvalue weighted by atomic mass is 35.5. The third-order valence-electron chi connectivity index (χ3n) is 5.45. The van der Waals surface area contributed by atoms with E-state index in [1.165, 1.54) is 24.4 Å². The van der Waals surface area contributed by atoms with Crippen LogP contribution in [0.3, 0.4) is 0 Å². The summed E-state index contributed by atoms with van der Waals surface area (Å²) in [5, 5.41) is 4.18. The molecule has 3 aromatic rings. The van der Waals surface area contributed by atoms with Crippen LogP contribution in [0.4, 0.5) is 37.7 Å². The summed E-state index contributed by atoms with van der Waals surface area (Å²) >= 11 is 6.41. The Morgan fingerprint density at radius 1 is 0.971 bits per heavy atom. The minimum Gasteiger partial charge on any atom is -0.378 e. The first-order chi connectivity index (χ1) is 16.4. The molecule has 0 aliphatic carbocycles. The Labute approximate surface area is 201 Å². The van der Waals surface area contributed by atoms with Crippen molar-refractivity contribution >= 4 is 29.2 Å². The van der Waals surface area contributed by atoms with Crippen molar-refractivity contribution in [3.05, 3.63) is 70.0 Å². The van der Waals surface area contributed by atoms with Crippen molar-refractivity contribution in [2.24, 2.45) is 4.99 Å². The molecule has 0 amide bonds. The number of benzene rings is 2. The van der Waals surface area contributed by atoms with Gasteiger partial charge in [-0.05, 0) is 43.3 Å². The van der Waals surface area contributed by atoms with Crippen molar-refractivity contribution in [3.8, 4) is 5.69 Å². The number of morpholine rings is 1. The summed E-state index contributed by atoms with van der Waals surface area (Å²) in [6, 6.07) is 7.78. The Kier molecular flexibility index (Phi) is 6.83. The van der Waals surface area contributed by atoms with E-state index < -0.39 is 23.5 Å². The van der Waals surface area contributed by atoms with Gasteiger partial charge in [0.1, 0.15) is 5.15 Å². The second kappa shape index (κ2) is 9.54. The number of aryl methyl sites for hydroxylation is 1. The average Bonchev–Trinajstić information content (AvgIpc) is 3.10. The molecule has 1 aliphatic heterocycles. The molecule has 0 N–H and O–H groups in total. The zero-order valence-corrected chi connectivity index (χ0v) is 19.0. The molecular formula is C23H19ClF6N4O. The van der Waals surface area contributed by atoms with Crippen LogP contribution in [0, 0.1) is 6.92 Å². The smallest absolute Gasteiger partial charge is 0.378 e. The SMILES string of the molecule is Cc1nn(-c2cccc(C(F)(F)F)c2)c(Cl)c1C=Nc1cc(C(F)(F)F)ccc1N1CCOCC1. The monoisotopic (exact) mass is 516 g/mol. The number of hydrogen-bond acceptors (Lipinski definition) is 4. The number of hydrogen-bond donors (Lipinski definition) is 0. The van der Waals surface area contributed by atoms with Gasteiger partial charge < -0.3 is 9.64 Å². The van der Waals surface area contributed by atoms with Gasteiger partial charge in [0, 0.05) is 19.3 Å². The van der Waals surface area contributed by atoms with Crippen molar-refractivity contribution in [3.63, 3.8) is 0 Å². The maximum atomic E-state index is 13.3. The zero-order chi connectivity index (χ0) is 25.4. The molecule has 0 radical (unpaired) electrons. The van der Waals surface area contributed by atoms with Crippen LogP contribution in [0.15, 0.2) is 47.5 Å². The summed E-state index contributed by atoms with van der Waals surface area (Å²) in [7, 11) is 0. The van der Waals surface area contributed by atoms with Gasteiger partial charge in [-0.25, -0.2) is 4.68 Å². The lowest BCUT2D eigenvalue weighted by Gasteiger charge is -2.30. The molecule has 1 fully saturated rings. The van der Waals surface area contributed by atoms with Gasteiger partial charge in [0.15, 0.2) is 0 Å². The maximum Gasteiger partial charge on any atom is 0.416 e. The van der Waals surface area contributed by atoms with Crippen LogP contribution >= 0.6 is 11.6 Å². The van der Waals surface area contributed by atoms with E-state index in [9.17, 15) is 26.3 Å². The van der Waals surface area contributed by atoms with Crippen LogP contribution in [-0.2, 0) is 17.1 Å². The largest absolute Gasteiger partial charge is 0.416 e. The molecule has 1 aliphatic rings. The number of halogens is 7. The fourth-order valence-corrected chi connectivity index (χ4v) is 3.97. The zero-order valence-electron chi connectivity index (χ0n) is 18.3.